The third-order valence-electron chi connectivity index (χ3n) is 16.4. The molecular formula is C78H68O26. The summed E-state index contributed by atoms with van der Waals surface area (Å²) in [5.41, 5.74) is -0.105. The standard InChI is InChI=1S/C78H68O26/c1-46(79)93-59-56(45-92-77-66(102-74(87)54-39-23-9-24-40-54)63(100-72(85)52-35-19-7-20-36-52)60(98-70(83)50-31-15-5-16-32-50)57(96-77)43-90-68(81)48-27-11-3-12-28-48)95-76(89)65(94-47(2)80)62(59)104-78-67(103-75(88)55-41-25-10-26-42-55)64(101-73(86)53-37-21-8-22-38-53)61(99-71(84)51-33-17-6-18-34-51)58(97-78)44-91-69(82)49-29-13-4-14-30-49/h3-42,56-67,76-78,89H,43-45H2,1-2H3/t56-,57-,58-,59+,60+,61+,62+,63+,64+,65-,66-,67-,76+,77-,78+/m1/s1. The monoisotopic (exact) mass is 1420 g/mol. The number of hydrogen-bond donors (Lipinski definition) is 1. The molecule has 0 amide bonds. The van der Waals surface area contributed by atoms with E-state index in [1.165, 1.54) is 133 Å². The molecule has 0 saturated carbocycles. The molecule has 0 aliphatic carbocycles. The zero-order chi connectivity index (χ0) is 73.1. The highest BCUT2D eigenvalue weighted by atomic mass is 16.8. The summed E-state index contributed by atoms with van der Waals surface area (Å²) in [6.45, 7) is -0.673. The number of benzene rings is 8. The number of carbonyl (C=O) groups is 10. The number of hydrogen-bond acceptors (Lipinski definition) is 26. The third-order valence-corrected chi connectivity index (χ3v) is 16.4. The van der Waals surface area contributed by atoms with Crippen LogP contribution in [0.2, 0.25) is 0 Å². The molecule has 0 bridgehead atoms. The quantitative estimate of drug-likeness (QED) is 0.0414. The highest BCUT2D eigenvalue weighted by Crippen LogP contribution is 2.38. The van der Waals surface area contributed by atoms with E-state index in [-0.39, 0.29) is 44.5 Å². The Morgan fingerprint density at radius 1 is 0.269 bits per heavy atom. The van der Waals surface area contributed by atoms with Gasteiger partial charge in [0, 0.05) is 13.8 Å². The van der Waals surface area contributed by atoms with Gasteiger partial charge in [-0.2, -0.15) is 0 Å². The smallest absolute Gasteiger partial charge is 0.338 e. The minimum atomic E-state index is -2.32. The van der Waals surface area contributed by atoms with Crippen molar-refractivity contribution >= 4 is 59.7 Å². The van der Waals surface area contributed by atoms with Crippen molar-refractivity contribution in [2.45, 2.75) is 106 Å². The van der Waals surface area contributed by atoms with Crippen LogP contribution >= 0.6 is 0 Å². The van der Waals surface area contributed by atoms with Crippen molar-refractivity contribution in [1.29, 1.82) is 0 Å². The van der Waals surface area contributed by atoms with Crippen LogP contribution in [0, 0.1) is 0 Å². The molecule has 0 aromatic heterocycles. The molecular weight excluding hydrogens is 1350 g/mol. The van der Waals surface area contributed by atoms with Crippen LogP contribution in [0.3, 0.4) is 0 Å². The maximum absolute atomic E-state index is 14.7. The molecule has 104 heavy (non-hydrogen) atoms. The topological polar surface area (TPSA) is 329 Å². The molecule has 3 saturated heterocycles. The lowest BCUT2D eigenvalue weighted by Gasteiger charge is -2.48. The summed E-state index contributed by atoms with van der Waals surface area (Å²) in [4.78, 5) is 142. The number of ether oxygens (including phenoxy) is 15. The van der Waals surface area contributed by atoms with Gasteiger partial charge in [0.25, 0.3) is 0 Å². The zero-order valence-corrected chi connectivity index (χ0v) is 55.5. The van der Waals surface area contributed by atoms with E-state index in [0.717, 1.165) is 13.8 Å². The van der Waals surface area contributed by atoms with E-state index in [0.29, 0.717) is 0 Å². The van der Waals surface area contributed by atoms with Crippen LogP contribution in [0.15, 0.2) is 243 Å². The van der Waals surface area contributed by atoms with Crippen molar-refractivity contribution in [3.63, 3.8) is 0 Å². The van der Waals surface area contributed by atoms with Gasteiger partial charge >= 0.3 is 59.7 Å². The summed E-state index contributed by atoms with van der Waals surface area (Å²) in [6, 6.07) is 60.5. The van der Waals surface area contributed by atoms with Crippen LogP contribution in [0.1, 0.15) is 96.7 Å². The average Bonchev–Trinajstić information content (AvgIpc) is 0.764. The molecule has 536 valence electrons. The summed E-state index contributed by atoms with van der Waals surface area (Å²) in [5, 5.41) is 12.3. The molecule has 0 radical (unpaired) electrons. The first kappa shape index (κ1) is 73.4. The second kappa shape index (κ2) is 35.2. The van der Waals surface area contributed by atoms with Crippen molar-refractivity contribution in [3.8, 4) is 0 Å². The Kier molecular flexibility index (Phi) is 24.9. The van der Waals surface area contributed by atoms with E-state index < -0.39 is 172 Å². The number of aliphatic hydroxyl groups excluding tert-OH is 1. The fourth-order valence-corrected chi connectivity index (χ4v) is 11.5. The Hall–Kier alpha value is -11.8. The maximum atomic E-state index is 14.7. The molecule has 3 aliphatic heterocycles. The number of esters is 10. The van der Waals surface area contributed by atoms with Gasteiger partial charge in [0.2, 0.25) is 0 Å². The Morgan fingerprint density at radius 2 is 0.510 bits per heavy atom. The van der Waals surface area contributed by atoms with E-state index in [1.807, 2.05) is 0 Å². The summed E-state index contributed by atoms with van der Waals surface area (Å²) < 4.78 is 93.6. The summed E-state index contributed by atoms with van der Waals surface area (Å²) in [5.74, 6) is -10.3. The molecule has 26 nitrogen and oxygen atoms in total. The number of rotatable bonds is 25. The van der Waals surface area contributed by atoms with Crippen molar-refractivity contribution in [1.82, 2.24) is 0 Å². The first-order chi connectivity index (χ1) is 50.5. The van der Waals surface area contributed by atoms with Gasteiger partial charge in [-0.05, 0) is 97.1 Å². The lowest BCUT2D eigenvalue weighted by Crippen LogP contribution is -2.67. The minimum absolute atomic E-state index is 0.00145. The SMILES string of the molecule is CC(=O)O[C@@H]1[C@@H](O[C@@H]2O[C@H](COC(=O)c3ccccc3)[C@H](OC(=O)c3ccccc3)[C@H](OC(=O)c3ccccc3)[C@H]2OC(=O)c2ccccc2)[C@@H](OC(C)=O)[C@@H](CO[C@@H]2O[C@H](COC(=O)c3ccccc3)[C@H](OC(=O)c3ccccc3)[C@H](OC(=O)c3ccccc3)[C@H]2OC(=O)c2ccccc2)O[C@@H]1O. The fraction of sp³-hybridized carbons (Fsp3) is 0.256. The van der Waals surface area contributed by atoms with E-state index in [9.17, 15) is 53.1 Å². The third kappa shape index (κ3) is 18.8. The molecule has 0 spiro atoms. The van der Waals surface area contributed by atoms with Crippen LogP contribution in [-0.2, 0) is 80.6 Å². The summed E-state index contributed by atoms with van der Waals surface area (Å²) in [6.07, 6.45) is -30.0. The average molecular weight is 1420 g/mol. The highest BCUT2D eigenvalue weighted by Gasteiger charge is 2.59. The van der Waals surface area contributed by atoms with Gasteiger partial charge in [-0.1, -0.05) is 146 Å². The van der Waals surface area contributed by atoms with Gasteiger partial charge < -0.3 is 76.2 Å². The summed E-state index contributed by atoms with van der Waals surface area (Å²) in [7, 11) is 0. The van der Waals surface area contributed by atoms with Gasteiger partial charge in [-0.3, -0.25) is 9.59 Å². The molecule has 8 aromatic carbocycles. The van der Waals surface area contributed by atoms with Crippen LogP contribution in [-0.4, -0.2) is 177 Å². The summed E-state index contributed by atoms with van der Waals surface area (Å²) >= 11 is 0. The molecule has 8 aromatic rings. The number of aliphatic hydroxyl groups is 1. The first-order valence-corrected chi connectivity index (χ1v) is 32.7. The Bertz CT molecular complexity index is 4230. The molecule has 3 heterocycles. The lowest BCUT2D eigenvalue weighted by molar-refractivity contribution is -0.361. The van der Waals surface area contributed by atoms with E-state index in [2.05, 4.69) is 0 Å². The molecule has 3 aliphatic rings. The van der Waals surface area contributed by atoms with E-state index >= 15 is 0 Å². The predicted octanol–water partition coefficient (Wildman–Crippen LogP) is 8.49. The van der Waals surface area contributed by atoms with Gasteiger partial charge in [0.1, 0.15) is 37.6 Å². The first-order valence-electron chi connectivity index (χ1n) is 32.7. The molecule has 3 fully saturated rings. The highest BCUT2D eigenvalue weighted by molar-refractivity contribution is 5.94. The molecule has 0 unspecified atom stereocenters. The van der Waals surface area contributed by atoms with Gasteiger partial charge in [-0.25, -0.2) is 38.4 Å². The second-order valence-corrected chi connectivity index (χ2v) is 23.6. The van der Waals surface area contributed by atoms with Gasteiger partial charge in [0.05, 0.1) is 51.1 Å². The van der Waals surface area contributed by atoms with Crippen LogP contribution < -0.4 is 0 Å². The van der Waals surface area contributed by atoms with Gasteiger partial charge in [-0.15, -0.1) is 0 Å². The Labute approximate surface area is 594 Å². The predicted molar refractivity (Wildman–Crippen MR) is 357 cm³/mol. The maximum Gasteiger partial charge on any atom is 0.338 e. The van der Waals surface area contributed by atoms with Crippen molar-refractivity contribution in [2.24, 2.45) is 0 Å². The Morgan fingerprint density at radius 3 is 0.817 bits per heavy atom. The van der Waals surface area contributed by atoms with E-state index in [1.54, 1.807) is 109 Å². The van der Waals surface area contributed by atoms with Gasteiger partial charge in [0.15, 0.2) is 67.7 Å². The van der Waals surface area contributed by atoms with Crippen molar-refractivity contribution < 1.29 is 124 Å². The van der Waals surface area contributed by atoms with Crippen molar-refractivity contribution in [2.75, 3.05) is 19.8 Å². The minimum Gasteiger partial charge on any atom is -0.459 e. The van der Waals surface area contributed by atoms with Crippen LogP contribution in [0.4, 0.5) is 0 Å². The lowest BCUT2D eigenvalue weighted by atomic mass is 9.95. The molecule has 11 rings (SSSR count). The normalized spacial score (nSPS) is 24.1. The van der Waals surface area contributed by atoms with Crippen LogP contribution in [0.25, 0.3) is 0 Å². The molecule has 15 atom stereocenters. The zero-order valence-electron chi connectivity index (χ0n) is 55.5. The largest absolute Gasteiger partial charge is 0.459 e. The molecule has 26 heteroatoms. The fourth-order valence-electron chi connectivity index (χ4n) is 11.5. The van der Waals surface area contributed by atoms with Crippen LogP contribution in [0.5, 0.6) is 0 Å². The van der Waals surface area contributed by atoms with Crippen molar-refractivity contribution in [3.05, 3.63) is 287 Å². The number of carbonyl (C=O) groups excluding carboxylic acids is 10. The van der Waals surface area contributed by atoms with E-state index in [4.69, 9.17) is 71.1 Å². The molecule has 1 N–H and O–H groups in total. The Balaban J connectivity index is 1.01. The second-order valence-electron chi connectivity index (χ2n) is 23.6.